The number of hydrogen-bond donors (Lipinski definition) is 0. The number of nitrogens with zero attached hydrogens (tertiary/aromatic N) is 2. The molecule has 1 aromatic rings. The van der Waals surface area contributed by atoms with E-state index in [1.807, 2.05) is 29.2 Å². The van der Waals surface area contributed by atoms with Crippen molar-refractivity contribution in [3.8, 4) is 5.75 Å². The predicted molar refractivity (Wildman–Crippen MR) is 93.3 cm³/mol. The summed E-state index contributed by atoms with van der Waals surface area (Å²) >= 11 is 0. The molecule has 1 atom stereocenters. The Morgan fingerprint density at radius 2 is 1.96 bits per heavy atom. The van der Waals surface area contributed by atoms with Crippen LogP contribution in [0.25, 0.3) is 0 Å². The van der Waals surface area contributed by atoms with Crippen LogP contribution >= 0.6 is 0 Å². The Balaban J connectivity index is 1.39. The largest absolute Gasteiger partial charge is 0.497 e. The molecule has 2 aliphatic heterocycles. The van der Waals surface area contributed by atoms with Gasteiger partial charge in [-0.15, -0.1) is 0 Å². The molecule has 0 radical (unpaired) electrons. The van der Waals surface area contributed by atoms with Crippen molar-refractivity contribution in [1.82, 2.24) is 9.80 Å². The van der Waals surface area contributed by atoms with Crippen LogP contribution in [0, 0.1) is 0 Å². The van der Waals surface area contributed by atoms with Crippen molar-refractivity contribution in [3.05, 3.63) is 29.8 Å². The van der Waals surface area contributed by atoms with Crippen molar-refractivity contribution in [2.75, 3.05) is 46.4 Å². The zero-order valence-corrected chi connectivity index (χ0v) is 14.6. The third kappa shape index (κ3) is 4.71. The van der Waals surface area contributed by atoms with Gasteiger partial charge in [0.05, 0.1) is 19.6 Å². The molecule has 2 saturated heterocycles. The maximum Gasteiger partial charge on any atom is 0.227 e. The molecule has 132 valence electrons. The van der Waals surface area contributed by atoms with Gasteiger partial charge >= 0.3 is 0 Å². The van der Waals surface area contributed by atoms with E-state index in [1.54, 1.807) is 7.11 Å². The van der Waals surface area contributed by atoms with Gasteiger partial charge < -0.3 is 14.4 Å². The van der Waals surface area contributed by atoms with E-state index in [2.05, 4.69) is 4.90 Å². The number of amides is 1. The second-order valence-corrected chi connectivity index (χ2v) is 6.67. The molecular weight excluding hydrogens is 304 g/mol. The van der Waals surface area contributed by atoms with Gasteiger partial charge in [0, 0.05) is 39.3 Å². The summed E-state index contributed by atoms with van der Waals surface area (Å²) < 4.78 is 10.8. The van der Waals surface area contributed by atoms with Crippen LogP contribution in [-0.2, 0) is 16.0 Å². The van der Waals surface area contributed by atoms with Gasteiger partial charge in [-0.05, 0) is 37.0 Å². The predicted octanol–water partition coefficient (Wildman–Crippen LogP) is 1.95. The molecule has 5 heteroatoms. The maximum absolute atomic E-state index is 12.5. The first-order chi connectivity index (χ1) is 11.7. The first-order valence-corrected chi connectivity index (χ1v) is 8.99. The maximum atomic E-state index is 12.5. The lowest BCUT2D eigenvalue weighted by Crippen LogP contribution is -2.49. The summed E-state index contributed by atoms with van der Waals surface area (Å²) in [5.41, 5.74) is 1.04. The third-order valence-electron chi connectivity index (χ3n) is 5.03. The van der Waals surface area contributed by atoms with E-state index in [1.165, 1.54) is 12.8 Å². The van der Waals surface area contributed by atoms with Crippen LogP contribution in [-0.4, -0.2) is 68.3 Å². The average Bonchev–Trinajstić information content (AvgIpc) is 3.14. The first kappa shape index (κ1) is 17.2. The Hall–Kier alpha value is -1.59. The number of benzene rings is 1. The summed E-state index contributed by atoms with van der Waals surface area (Å²) in [6, 6.07) is 7.75. The zero-order valence-electron chi connectivity index (χ0n) is 14.6. The summed E-state index contributed by atoms with van der Waals surface area (Å²) in [5.74, 6) is 1.05. The summed E-state index contributed by atoms with van der Waals surface area (Å²) in [5, 5.41) is 0. The summed E-state index contributed by atoms with van der Waals surface area (Å²) in [6.07, 6.45) is 4.47. The van der Waals surface area contributed by atoms with Gasteiger partial charge in [0.2, 0.25) is 5.91 Å². The normalized spacial score (nSPS) is 21.9. The van der Waals surface area contributed by atoms with Crippen LogP contribution in [0.1, 0.15) is 24.8 Å². The van der Waals surface area contributed by atoms with E-state index in [0.29, 0.717) is 12.5 Å². The molecule has 2 aliphatic rings. The second-order valence-electron chi connectivity index (χ2n) is 6.67. The highest BCUT2D eigenvalue weighted by Gasteiger charge is 2.22. The quantitative estimate of drug-likeness (QED) is 0.798. The van der Waals surface area contributed by atoms with E-state index in [4.69, 9.17) is 9.47 Å². The highest BCUT2D eigenvalue weighted by atomic mass is 16.5. The van der Waals surface area contributed by atoms with Crippen molar-refractivity contribution in [1.29, 1.82) is 0 Å². The highest BCUT2D eigenvalue weighted by molar-refractivity contribution is 5.78. The number of methoxy groups -OCH3 is 1. The molecule has 3 rings (SSSR count). The summed E-state index contributed by atoms with van der Waals surface area (Å²) in [4.78, 5) is 16.9. The zero-order chi connectivity index (χ0) is 16.8. The van der Waals surface area contributed by atoms with Crippen molar-refractivity contribution < 1.29 is 14.3 Å². The van der Waals surface area contributed by atoms with Gasteiger partial charge in [0.15, 0.2) is 0 Å². The molecule has 24 heavy (non-hydrogen) atoms. The topological polar surface area (TPSA) is 42.0 Å². The number of carbonyl (C=O) groups excluding carboxylic acids is 1. The minimum Gasteiger partial charge on any atom is -0.497 e. The van der Waals surface area contributed by atoms with Gasteiger partial charge in [-0.25, -0.2) is 0 Å². The monoisotopic (exact) mass is 332 g/mol. The van der Waals surface area contributed by atoms with Crippen LogP contribution in [0.4, 0.5) is 0 Å². The minimum atomic E-state index is 0.221. The van der Waals surface area contributed by atoms with Crippen LogP contribution < -0.4 is 4.74 Å². The number of carbonyl (C=O) groups is 1. The Labute approximate surface area is 144 Å². The molecule has 0 bridgehead atoms. The standard InChI is InChI=1S/C19H28N2O3/c1-23-17-6-4-16(5-7-17)15-19(22)21-12-10-20(11-13-21)9-8-18-3-2-14-24-18/h4-7,18H,2-3,8-15H2,1H3. The van der Waals surface area contributed by atoms with Gasteiger partial charge in [-0.2, -0.15) is 0 Å². The molecule has 1 amide bonds. The SMILES string of the molecule is COc1ccc(CC(=O)N2CCN(CCC3CCCO3)CC2)cc1. The highest BCUT2D eigenvalue weighted by Crippen LogP contribution is 2.17. The van der Waals surface area contributed by atoms with E-state index in [9.17, 15) is 4.79 Å². The fourth-order valence-corrected chi connectivity index (χ4v) is 3.45. The van der Waals surface area contributed by atoms with Crippen LogP contribution in [0.2, 0.25) is 0 Å². The van der Waals surface area contributed by atoms with Crippen molar-refractivity contribution in [3.63, 3.8) is 0 Å². The van der Waals surface area contributed by atoms with Gasteiger partial charge in [0.1, 0.15) is 5.75 Å². The lowest BCUT2D eigenvalue weighted by molar-refractivity contribution is -0.132. The molecule has 1 aromatic carbocycles. The molecule has 0 aliphatic carbocycles. The van der Waals surface area contributed by atoms with Crippen molar-refractivity contribution in [2.24, 2.45) is 0 Å². The first-order valence-electron chi connectivity index (χ1n) is 8.99. The van der Waals surface area contributed by atoms with E-state index in [0.717, 1.165) is 57.1 Å². The number of hydrogen-bond acceptors (Lipinski definition) is 4. The lowest BCUT2D eigenvalue weighted by atomic mass is 10.1. The molecular formula is C19H28N2O3. The molecule has 2 heterocycles. The van der Waals surface area contributed by atoms with Crippen molar-refractivity contribution >= 4 is 5.91 Å². The molecule has 0 N–H and O–H groups in total. The van der Waals surface area contributed by atoms with Crippen LogP contribution in [0.5, 0.6) is 5.75 Å². The van der Waals surface area contributed by atoms with Gasteiger partial charge in [-0.3, -0.25) is 9.69 Å². The Bertz CT molecular complexity index is 518. The number of ether oxygens (including phenoxy) is 2. The summed E-state index contributed by atoms with van der Waals surface area (Å²) in [6.45, 7) is 5.63. The van der Waals surface area contributed by atoms with Crippen molar-refractivity contribution in [2.45, 2.75) is 31.8 Å². The van der Waals surface area contributed by atoms with E-state index >= 15 is 0 Å². The number of rotatable bonds is 6. The van der Waals surface area contributed by atoms with Crippen LogP contribution in [0.3, 0.4) is 0 Å². The summed E-state index contributed by atoms with van der Waals surface area (Å²) in [7, 11) is 1.65. The molecule has 2 fully saturated rings. The molecule has 0 saturated carbocycles. The number of piperazine rings is 1. The smallest absolute Gasteiger partial charge is 0.227 e. The fraction of sp³-hybridized carbons (Fsp3) is 0.632. The minimum absolute atomic E-state index is 0.221. The lowest BCUT2D eigenvalue weighted by Gasteiger charge is -2.35. The van der Waals surface area contributed by atoms with Gasteiger partial charge in [-0.1, -0.05) is 12.1 Å². The van der Waals surface area contributed by atoms with Gasteiger partial charge in [0.25, 0.3) is 0 Å². The molecule has 1 unspecified atom stereocenters. The molecule has 0 aromatic heterocycles. The Kier molecular flexibility index (Phi) is 6.10. The fourth-order valence-electron chi connectivity index (χ4n) is 3.45. The second kappa shape index (κ2) is 8.49. The molecule has 0 spiro atoms. The Morgan fingerprint density at radius 3 is 2.58 bits per heavy atom. The van der Waals surface area contributed by atoms with Crippen LogP contribution in [0.15, 0.2) is 24.3 Å². The third-order valence-corrected chi connectivity index (χ3v) is 5.03. The van der Waals surface area contributed by atoms with E-state index in [-0.39, 0.29) is 5.91 Å². The van der Waals surface area contributed by atoms with E-state index < -0.39 is 0 Å². The molecule has 5 nitrogen and oxygen atoms in total. The Morgan fingerprint density at radius 1 is 1.21 bits per heavy atom. The average molecular weight is 332 g/mol.